The number of thiophene rings is 1. The summed E-state index contributed by atoms with van der Waals surface area (Å²) in [6.07, 6.45) is 1.21. The molecule has 0 fully saturated rings. The molecule has 0 aliphatic rings. The second-order valence-corrected chi connectivity index (χ2v) is 8.17. The summed E-state index contributed by atoms with van der Waals surface area (Å²) in [5.74, 6) is 6.28. The van der Waals surface area contributed by atoms with E-state index in [-0.39, 0.29) is 11.8 Å². The second kappa shape index (κ2) is 5.51. The van der Waals surface area contributed by atoms with Crippen LogP contribution in [-0.2, 0) is 9.84 Å². The van der Waals surface area contributed by atoms with Crippen LogP contribution in [0.25, 0.3) is 10.2 Å². The van der Waals surface area contributed by atoms with Gasteiger partial charge in [0.05, 0.1) is 11.1 Å². The molecule has 9 heteroatoms. The maximum absolute atomic E-state index is 11.3. The summed E-state index contributed by atoms with van der Waals surface area (Å²) in [5.41, 5.74) is 2.42. The fraction of sp³-hybridized carbons (Fsp3) is 0.455. The molecular weight excluding hydrogens is 298 g/mol. The van der Waals surface area contributed by atoms with Crippen LogP contribution >= 0.6 is 11.3 Å². The molecule has 2 aromatic rings. The summed E-state index contributed by atoms with van der Waals surface area (Å²) >= 11 is 1.53. The van der Waals surface area contributed by atoms with Crippen molar-refractivity contribution in [3.8, 4) is 0 Å². The Hall–Kier alpha value is -1.45. The van der Waals surface area contributed by atoms with E-state index in [4.69, 9.17) is 5.84 Å². The van der Waals surface area contributed by atoms with Gasteiger partial charge in [0.25, 0.3) is 0 Å². The van der Waals surface area contributed by atoms with Crippen molar-refractivity contribution in [1.29, 1.82) is 0 Å². The third kappa shape index (κ3) is 3.56. The highest BCUT2D eigenvalue weighted by Crippen LogP contribution is 2.29. The minimum atomic E-state index is -3.05. The maximum Gasteiger partial charge on any atom is 0.240 e. The first-order valence-corrected chi connectivity index (χ1v) is 8.85. The highest BCUT2D eigenvalue weighted by Gasteiger charge is 2.15. The van der Waals surface area contributed by atoms with E-state index >= 15 is 0 Å². The van der Waals surface area contributed by atoms with E-state index in [1.807, 2.05) is 13.0 Å². The summed E-state index contributed by atoms with van der Waals surface area (Å²) in [6.45, 7) is 3.77. The van der Waals surface area contributed by atoms with Crippen LogP contribution in [0.5, 0.6) is 0 Å². The maximum atomic E-state index is 11.3. The first kappa shape index (κ1) is 14.9. The smallest absolute Gasteiger partial charge is 0.240 e. The minimum absolute atomic E-state index is 0.0347. The van der Waals surface area contributed by atoms with Crippen LogP contribution in [0.1, 0.15) is 11.8 Å². The highest BCUT2D eigenvalue weighted by molar-refractivity contribution is 7.90. The lowest BCUT2D eigenvalue weighted by Crippen LogP contribution is -2.26. The van der Waals surface area contributed by atoms with Crippen LogP contribution in [0.15, 0.2) is 6.07 Å². The van der Waals surface area contributed by atoms with Gasteiger partial charge in [0.2, 0.25) is 5.95 Å². The number of nitrogens with two attached hydrogens (primary N) is 1. The molecule has 0 spiro atoms. The molecule has 0 amide bonds. The summed E-state index contributed by atoms with van der Waals surface area (Å²) in [6, 6.07) is 1.71. The number of anilines is 2. The molecule has 0 radical (unpaired) electrons. The second-order valence-electron chi connectivity index (χ2n) is 4.75. The minimum Gasteiger partial charge on any atom is -0.366 e. The zero-order valence-corrected chi connectivity index (χ0v) is 13.1. The normalized spacial score (nSPS) is 13.4. The zero-order valence-electron chi connectivity index (χ0n) is 11.5. The van der Waals surface area contributed by atoms with Crippen molar-refractivity contribution in [3.05, 3.63) is 10.9 Å². The number of hydrogen-bond acceptors (Lipinski definition) is 8. The van der Waals surface area contributed by atoms with E-state index in [0.717, 1.165) is 15.1 Å². The Bertz CT molecular complexity index is 726. The molecule has 0 saturated heterocycles. The van der Waals surface area contributed by atoms with Gasteiger partial charge in [0.1, 0.15) is 20.5 Å². The van der Waals surface area contributed by atoms with Crippen molar-refractivity contribution >= 4 is 43.2 Å². The van der Waals surface area contributed by atoms with Crippen molar-refractivity contribution in [2.75, 3.05) is 22.8 Å². The van der Waals surface area contributed by atoms with Gasteiger partial charge < -0.3 is 5.32 Å². The Labute approximate surface area is 121 Å². The zero-order chi connectivity index (χ0) is 14.9. The Morgan fingerprint density at radius 3 is 2.75 bits per heavy atom. The van der Waals surface area contributed by atoms with E-state index in [9.17, 15) is 8.42 Å². The van der Waals surface area contributed by atoms with Gasteiger partial charge in [-0.3, -0.25) is 5.43 Å². The first-order valence-electron chi connectivity index (χ1n) is 5.97. The van der Waals surface area contributed by atoms with Crippen LogP contribution in [0.4, 0.5) is 11.8 Å². The number of aromatic nitrogens is 2. The lowest BCUT2D eigenvalue weighted by atomic mass is 10.3. The fourth-order valence-corrected chi connectivity index (χ4v) is 3.82. The van der Waals surface area contributed by atoms with Gasteiger partial charge >= 0.3 is 0 Å². The number of rotatable bonds is 5. The average Bonchev–Trinajstić information content (AvgIpc) is 2.66. The molecule has 2 aromatic heterocycles. The molecule has 0 aliphatic carbocycles. The first-order chi connectivity index (χ1) is 9.28. The quantitative estimate of drug-likeness (QED) is 0.560. The van der Waals surface area contributed by atoms with Crippen LogP contribution in [0, 0.1) is 6.92 Å². The molecular formula is C11H17N5O2S2. The van der Waals surface area contributed by atoms with E-state index in [2.05, 4.69) is 20.7 Å². The molecule has 1 atom stereocenters. The van der Waals surface area contributed by atoms with Crippen molar-refractivity contribution < 1.29 is 8.42 Å². The number of hydrogen-bond donors (Lipinski definition) is 3. The Balaban J connectivity index is 2.37. The SMILES string of the molecule is Cc1cc2c(NC(C)CS(C)(=O)=O)nc(NN)nc2s1. The number of fused-ring (bicyclic) bond motifs is 1. The molecule has 0 aliphatic heterocycles. The Morgan fingerprint density at radius 1 is 1.45 bits per heavy atom. The topological polar surface area (TPSA) is 110 Å². The van der Waals surface area contributed by atoms with E-state index in [1.165, 1.54) is 17.6 Å². The third-order valence-electron chi connectivity index (χ3n) is 2.58. The Morgan fingerprint density at radius 2 is 2.15 bits per heavy atom. The summed E-state index contributed by atoms with van der Waals surface area (Å²) in [7, 11) is -3.05. The standard InChI is InChI=1S/C11H17N5O2S2/c1-6(5-20(3,17)18)13-9-8-4-7(2)19-10(8)15-11(14-9)16-12/h4,6H,5,12H2,1-3H3,(H2,13,14,15,16). The monoisotopic (exact) mass is 315 g/mol. The van der Waals surface area contributed by atoms with Gasteiger partial charge in [-0.1, -0.05) is 0 Å². The predicted octanol–water partition coefficient (Wildman–Crippen LogP) is 1.13. The van der Waals surface area contributed by atoms with Crippen molar-refractivity contribution in [2.45, 2.75) is 19.9 Å². The molecule has 0 aromatic carbocycles. The largest absolute Gasteiger partial charge is 0.366 e. The van der Waals surface area contributed by atoms with Gasteiger partial charge in [-0.05, 0) is 19.9 Å². The number of sulfone groups is 1. The number of aryl methyl sites for hydroxylation is 1. The highest BCUT2D eigenvalue weighted by atomic mass is 32.2. The molecule has 20 heavy (non-hydrogen) atoms. The van der Waals surface area contributed by atoms with E-state index in [0.29, 0.717) is 11.8 Å². The van der Waals surface area contributed by atoms with Crippen molar-refractivity contribution in [2.24, 2.45) is 5.84 Å². The summed E-state index contributed by atoms with van der Waals surface area (Å²) < 4.78 is 22.6. The molecule has 0 saturated carbocycles. The number of nitrogens with zero attached hydrogens (tertiary/aromatic N) is 2. The van der Waals surface area contributed by atoms with Gasteiger partial charge in [-0.15, -0.1) is 11.3 Å². The molecule has 2 heterocycles. The fourth-order valence-electron chi connectivity index (χ4n) is 1.95. The lowest BCUT2D eigenvalue weighted by Gasteiger charge is -2.14. The van der Waals surface area contributed by atoms with Crippen LogP contribution in [-0.4, -0.2) is 36.4 Å². The predicted molar refractivity (Wildman–Crippen MR) is 82.8 cm³/mol. The summed E-state index contributed by atoms with van der Waals surface area (Å²) in [4.78, 5) is 10.4. The number of nitrogen functional groups attached to an aromatic ring is 1. The van der Waals surface area contributed by atoms with Crippen LogP contribution < -0.4 is 16.6 Å². The van der Waals surface area contributed by atoms with E-state index < -0.39 is 9.84 Å². The third-order valence-corrected chi connectivity index (χ3v) is 4.63. The molecule has 110 valence electrons. The van der Waals surface area contributed by atoms with Crippen molar-refractivity contribution in [1.82, 2.24) is 9.97 Å². The van der Waals surface area contributed by atoms with Gasteiger partial charge in [0.15, 0.2) is 0 Å². The molecule has 0 bridgehead atoms. The molecule has 2 rings (SSSR count). The number of hydrazine groups is 1. The van der Waals surface area contributed by atoms with Crippen LogP contribution in [0.3, 0.4) is 0 Å². The lowest BCUT2D eigenvalue weighted by molar-refractivity contribution is 0.598. The summed E-state index contributed by atoms with van der Waals surface area (Å²) in [5, 5.41) is 3.98. The van der Waals surface area contributed by atoms with Crippen molar-refractivity contribution in [3.63, 3.8) is 0 Å². The average molecular weight is 315 g/mol. The van der Waals surface area contributed by atoms with Gasteiger partial charge in [-0.25, -0.2) is 19.2 Å². The Kier molecular flexibility index (Phi) is 4.11. The van der Waals surface area contributed by atoms with Gasteiger partial charge in [0, 0.05) is 17.2 Å². The molecule has 1 unspecified atom stereocenters. The number of nitrogens with one attached hydrogen (secondary N) is 2. The van der Waals surface area contributed by atoms with E-state index in [1.54, 1.807) is 6.92 Å². The molecule has 4 N–H and O–H groups in total. The van der Waals surface area contributed by atoms with Crippen LogP contribution in [0.2, 0.25) is 0 Å². The van der Waals surface area contributed by atoms with Gasteiger partial charge in [-0.2, -0.15) is 4.98 Å². The molecule has 7 nitrogen and oxygen atoms in total.